The molecule has 0 aliphatic heterocycles. The first-order valence-electron chi connectivity index (χ1n) is 7.22. The number of aromatic amines is 1. The van der Waals surface area contributed by atoms with Crippen LogP contribution in [-0.2, 0) is 13.1 Å². The Morgan fingerprint density at radius 2 is 1.91 bits per heavy atom. The van der Waals surface area contributed by atoms with Gasteiger partial charge in [-0.1, -0.05) is 0 Å². The Labute approximate surface area is 133 Å². The van der Waals surface area contributed by atoms with Gasteiger partial charge in [-0.05, 0) is 24.3 Å². The van der Waals surface area contributed by atoms with Gasteiger partial charge in [0, 0.05) is 23.6 Å². The van der Waals surface area contributed by atoms with Crippen LogP contribution in [0.15, 0.2) is 45.8 Å². The Morgan fingerprint density at radius 1 is 1.13 bits per heavy atom. The predicted octanol–water partition coefficient (Wildman–Crippen LogP) is 2.43. The molecule has 6 heteroatoms. The highest BCUT2D eigenvalue weighted by Crippen LogP contribution is 2.30. The van der Waals surface area contributed by atoms with Crippen LogP contribution in [0.25, 0.3) is 10.9 Å². The number of H-pyrrole nitrogens is 1. The number of methoxy groups -OCH3 is 2. The molecule has 120 valence electrons. The number of benzene rings is 1. The molecule has 0 unspecified atom stereocenters. The second-order valence-electron chi connectivity index (χ2n) is 5.10. The minimum absolute atomic E-state index is 0.128. The number of hydrogen-bond acceptors (Lipinski definition) is 5. The zero-order chi connectivity index (χ0) is 16.2. The number of furan rings is 1. The summed E-state index contributed by atoms with van der Waals surface area (Å²) in [5.74, 6) is 2.04. The molecule has 0 spiro atoms. The SMILES string of the molecule is COc1cc2cc(CNCc3ccco3)c(=O)[nH]c2cc1OC. The van der Waals surface area contributed by atoms with Crippen molar-refractivity contribution in [3.8, 4) is 11.5 Å². The van der Waals surface area contributed by atoms with Gasteiger partial charge >= 0.3 is 0 Å². The number of aromatic nitrogens is 1. The summed E-state index contributed by atoms with van der Waals surface area (Å²) in [6.45, 7) is 1.01. The summed E-state index contributed by atoms with van der Waals surface area (Å²) in [5.41, 5.74) is 1.23. The van der Waals surface area contributed by atoms with Crippen LogP contribution < -0.4 is 20.3 Å². The standard InChI is InChI=1S/C17H18N2O4/c1-21-15-7-11-6-12(9-18-10-13-4-3-5-23-13)17(20)19-14(11)8-16(15)22-2/h3-8,18H,9-10H2,1-2H3,(H,19,20). The van der Waals surface area contributed by atoms with Gasteiger partial charge in [-0.3, -0.25) is 4.79 Å². The number of rotatable bonds is 6. The van der Waals surface area contributed by atoms with Crippen LogP contribution in [0, 0.1) is 0 Å². The fourth-order valence-electron chi connectivity index (χ4n) is 2.44. The highest BCUT2D eigenvalue weighted by atomic mass is 16.5. The number of hydrogen-bond donors (Lipinski definition) is 2. The fraction of sp³-hybridized carbons (Fsp3) is 0.235. The first-order valence-corrected chi connectivity index (χ1v) is 7.22. The number of fused-ring (bicyclic) bond motifs is 1. The molecule has 0 saturated heterocycles. The van der Waals surface area contributed by atoms with E-state index in [0.717, 1.165) is 11.1 Å². The summed E-state index contributed by atoms with van der Waals surface area (Å²) in [6.07, 6.45) is 1.62. The first-order chi connectivity index (χ1) is 11.2. The lowest BCUT2D eigenvalue weighted by molar-refractivity contribution is 0.356. The topological polar surface area (TPSA) is 76.5 Å². The minimum Gasteiger partial charge on any atom is -0.493 e. The van der Waals surface area contributed by atoms with Crippen molar-refractivity contribution in [1.29, 1.82) is 0 Å². The van der Waals surface area contributed by atoms with E-state index in [0.29, 0.717) is 35.7 Å². The average Bonchev–Trinajstić information content (AvgIpc) is 3.07. The fourth-order valence-corrected chi connectivity index (χ4v) is 2.44. The zero-order valence-electron chi connectivity index (χ0n) is 13.0. The molecule has 0 aliphatic carbocycles. The zero-order valence-corrected chi connectivity index (χ0v) is 13.0. The van der Waals surface area contributed by atoms with Crippen LogP contribution in [0.2, 0.25) is 0 Å². The summed E-state index contributed by atoms with van der Waals surface area (Å²) in [7, 11) is 3.15. The van der Waals surface area contributed by atoms with Crippen molar-refractivity contribution in [2.45, 2.75) is 13.1 Å². The minimum atomic E-state index is -0.128. The molecular formula is C17H18N2O4. The number of pyridine rings is 1. The van der Waals surface area contributed by atoms with Gasteiger partial charge in [0.15, 0.2) is 11.5 Å². The lowest BCUT2D eigenvalue weighted by atomic mass is 10.1. The normalized spacial score (nSPS) is 10.9. The molecular weight excluding hydrogens is 296 g/mol. The smallest absolute Gasteiger partial charge is 0.252 e. The molecule has 0 bridgehead atoms. The van der Waals surface area contributed by atoms with Gasteiger partial charge in [-0.15, -0.1) is 0 Å². The van der Waals surface area contributed by atoms with Crippen molar-refractivity contribution in [2.24, 2.45) is 0 Å². The van der Waals surface area contributed by atoms with Crippen LogP contribution in [0.4, 0.5) is 0 Å². The molecule has 2 N–H and O–H groups in total. The summed E-state index contributed by atoms with van der Waals surface area (Å²) in [4.78, 5) is 15.1. The van der Waals surface area contributed by atoms with Crippen LogP contribution in [0.1, 0.15) is 11.3 Å². The Morgan fingerprint density at radius 3 is 2.61 bits per heavy atom. The molecule has 0 atom stereocenters. The maximum Gasteiger partial charge on any atom is 0.252 e. The van der Waals surface area contributed by atoms with E-state index in [4.69, 9.17) is 13.9 Å². The molecule has 0 amide bonds. The van der Waals surface area contributed by atoms with Crippen LogP contribution in [0.5, 0.6) is 11.5 Å². The maximum atomic E-state index is 12.2. The van der Waals surface area contributed by atoms with E-state index in [1.165, 1.54) is 0 Å². The molecule has 1 aromatic carbocycles. The number of nitrogens with one attached hydrogen (secondary N) is 2. The maximum absolute atomic E-state index is 12.2. The van der Waals surface area contributed by atoms with Crippen molar-refractivity contribution in [3.05, 3.63) is 58.3 Å². The van der Waals surface area contributed by atoms with E-state index < -0.39 is 0 Å². The van der Waals surface area contributed by atoms with Crippen molar-refractivity contribution < 1.29 is 13.9 Å². The third kappa shape index (κ3) is 3.22. The van der Waals surface area contributed by atoms with Gasteiger partial charge in [0.1, 0.15) is 5.76 Å². The third-order valence-electron chi connectivity index (χ3n) is 3.62. The van der Waals surface area contributed by atoms with Gasteiger partial charge in [-0.2, -0.15) is 0 Å². The van der Waals surface area contributed by atoms with Crippen LogP contribution in [-0.4, -0.2) is 19.2 Å². The molecule has 0 saturated carbocycles. The molecule has 6 nitrogen and oxygen atoms in total. The average molecular weight is 314 g/mol. The van der Waals surface area contributed by atoms with E-state index in [2.05, 4.69) is 10.3 Å². The van der Waals surface area contributed by atoms with Crippen LogP contribution in [0.3, 0.4) is 0 Å². The van der Waals surface area contributed by atoms with E-state index in [9.17, 15) is 4.79 Å². The molecule has 3 aromatic rings. The lowest BCUT2D eigenvalue weighted by Crippen LogP contribution is -2.20. The van der Waals surface area contributed by atoms with Crippen molar-refractivity contribution >= 4 is 10.9 Å². The van der Waals surface area contributed by atoms with Crippen molar-refractivity contribution in [2.75, 3.05) is 14.2 Å². The largest absolute Gasteiger partial charge is 0.493 e. The Hall–Kier alpha value is -2.73. The molecule has 2 heterocycles. The Kier molecular flexibility index (Phi) is 4.34. The molecule has 23 heavy (non-hydrogen) atoms. The highest BCUT2D eigenvalue weighted by molar-refractivity contribution is 5.83. The summed E-state index contributed by atoms with van der Waals surface area (Å²) in [6, 6.07) is 9.18. The molecule has 3 rings (SSSR count). The van der Waals surface area contributed by atoms with E-state index in [1.54, 1.807) is 26.5 Å². The van der Waals surface area contributed by atoms with Crippen LogP contribution >= 0.6 is 0 Å². The van der Waals surface area contributed by atoms with E-state index >= 15 is 0 Å². The third-order valence-corrected chi connectivity index (χ3v) is 3.62. The van der Waals surface area contributed by atoms with Gasteiger partial charge in [-0.25, -0.2) is 0 Å². The molecule has 0 fully saturated rings. The quantitative estimate of drug-likeness (QED) is 0.731. The molecule has 2 aromatic heterocycles. The Balaban J connectivity index is 1.86. The van der Waals surface area contributed by atoms with E-state index in [-0.39, 0.29) is 5.56 Å². The number of ether oxygens (including phenoxy) is 2. The Bertz CT molecular complexity index is 853. The second kappa shape index (κ2) is 6.58. The molecule has 0 radical (unpaired) electrons. The van der Waals surface area contributed by atoms with Crippen molar-refractivity contribution in [3.63, 3.8) is 0 Å². The van der Waals surface area contributed by atoms with Gasteiger partial charge in [0.25, 0.3) is 5.56 Å². The van der Waals surface area contributed by atoms with Crippen molar-refractivity contribution in [1.82, 2.24) is 10.3 Å². The van der Waals surface area contributed by atoms with Gasteiger partial charge in [0.05, 0.1) is 32.5 Å². The van der Waals surface area contributed by atoms with Gasteiger partial charge in [0.2, 0.25) is 0 Å². The molecule has 0 aliphatic rings. The summed E-state index contributed by atoms with van der Waals surface area (Å²) >= 11 is 0. The predicted molar refractivity (Wildman–Crippen MR) is 86.9 cm³/mol. The monoisotopic (exact) mass is 314 g/mol. The van der Waals surface area contributed by atoms with E-state index in [1.807, 2.05) is 24.3 Å². The van der Waals surface area contributed by atoms with Gasteiger partial charge < -0.3 is 24.2 Å². The lowest BCUT2D eigenvalue weighted by Gasteiger charge is -2.10. The second-order valence-corrected chi connectivity index (χ2v) is 5.10. The highest BCUT2D eigenvalue weighted by Gasteiger charge is 2.09. The first kappa shape index (κ1) is 15.2. The summed E-state index contributed by atoms with van der Waals surface area (Å²) in [5, 5.41) is 4.08. The summed E-state index contributed by atoms with van der Waals surface area (Å²) < 4.78 is 15.8.